The topological polar surface area (TPSA) is 73.6 Å². The van der Waals surface area contributed by atoms with Crippen LogP contribution in [-0.4, -0.2) is 31.3 Å². The highest BCUT2D eigenvalue weighted by atomic mass is 16.6. The Balaban J connectivity index is 2.13. The predicted octanol–water partition coefficient (Wildman–Crippen LogP) is 2.83. The molecule has 0 aliphatic carbocycles. The number of nitro benzene ring substituents is 1. The Labute approximate surface area is 118 Å². The summed E-state index contributed by atoms with van der Waals surface area (Å²) in [5.41, 5.74) is 0.582. The lowest BCUT2D eigenvalue weighted by molar-refractivity contribution is -0.384. The summed E-state index contributed by atoms with van der Waals surface area (Å²) >= 11 is 0. The molecule has 1 aliphatic heterocycles. The molecule has 0 spiro atoms. The fourth-order valence-corrected chi connectivity index (χ4v) is 2.49. The molecule has 1 aliphatic rings. The van der Waals surface area contributed by atoms with Crippen LogP contribution in [0.1, 0.15) is 19.8 Å². The van der Waals surface area contributed by atoms with Crippen LogP contribution >= 0.6 is 0 Å². The number of methoxy groups -OCH3 is 1. The molecule has 0 saturated carbocycles. The molecule has 0 radical (unpaired) electrons. The number of anilines is 1. The van der Waals surface area contributed by atoms with Gasteiger partial charge in [-0.05, 0) is 37.8 Å². The van der Waals surface area contributed by atoms with E-state index in [1.54, 1.807) is 12.1 Å². The Hall–Kier alpha value is -1.82. The van der Waals surface area contributed by atoms with Gasteiger partial charge < -0.3 is 14.8 Å². The molecule has 6 heteroatoms. The zero-order valence-electron chi connectivity index (χ0n) is 11.8. The summed E-state index contributed by atoms with van der Waals surface area (Å²) < 4.78 is 10.4. The molecule has 1 fully saturated rings. The van der Waals surface area contributed by atoms with Crippen molar-refractivity contribution in [2.75, 3.05) is 25.6 Å². The molecule has 1 N–H and O–H groups in total. The summed E-state index contributed by atoms with van der Waals surface area (Å²) in [5, 5.41) is 14.4. The molecule has 1 saturated heterocycles. The molecular weight excluding hydrogens is 260 g/mol. The molecule has 20 heavy (non-hydrogen) atoms. The van der Waals surface area contributed by atoms with Crippen molar-refractivity contribution in [2.45, 2.75) is 25.8 Å². The van der Waals surface area contributed by atoms with Crippen LogP contribution in [0.2, 0.25) is 0 Å². The van der Waals surface area contributed by atoms with Crippen molar-refractivity contribution in [3.8, 4) is 5.75 Å². The van der Waals surface area contributed by atoms with E-state index >= 15 is 0 Å². The maximum Gasteiger partial charge on any atom is 0.296 e. The molecule has 0 amide bonds. The molecule has 110 valence electrons. The molecule has 0 bridgehead atoms. The summed E-state index contributed by atoms with van der Waals surface area (Å²) in [5.74, 6) is 0.964. The second kappa shape index (κ2) is 6.56. The average molecular weight is 280 g/mol. The summed E-state index contributed by atoms with van der Waals surface area (Å²) in [6.45, 7) is 3.59. The van der Waals surface area contributed by atoms with Gasteiger partial charge in [0.1, 0.15) is 11.4 Å². The second-order valence-electron chi connectivity index (χ2n) is 5.02. The first-order chi connectivity index (χ1) is 9.61. The van der Waals surface area contributed by atoms with Crippen LogP contribution in [0.15, 0.2) is 18.2 Å². The Kier molecular flexibility index (Phi) is 4.79. The quantitative estimate of drug-likeness (QED) is 0.663. The monoisotopic (exact) mass is 280 g/mol. The van der Waals surface area contributed by atoms with Crippen molar-refractivity contribution in [3.05, 3.63) is 28.3 Å². The van der Waals surface area contributed by atoms with Crippen LogP contribution in [0.3, 0.4) is 0 Å². The minimum absolute atomic E-state index is 0.0447. The van der Waals surface area contributed by atoms with Gasteiger partial charge in [0.05, 0.1) is 18.1 Å². The van der Waals surface area contributed by atoms with Gasteiger partial charge in [0.25, 0.3) is 5.69 Å². The van der Waals surface area contributed by atoms with Crippen LogP contribution < -0.4 is 10.1 Å². The normalized spacial score (nSPS) is 17.5. The standard InChI is InChI=1S/C14H20N2O4/c1-10(11-5-7-20-8-6-11)15-13-4-3-12(19-2)9-14(13)16(17)18/h3-4,9-11,15H,5-8H2,1-2H3. The van der Waals surface area contributed by atoms with Crippen molar-refractivity contribution in [3.63, 3.8) is 0 Å². The first-order valence-corrected chi connectivity index (χ1v) is 6.78. The molecule has 1 atom stereocenters. The smallest absolute Gasteiger partial charge is 0.296 e. The number of ether oxygens (including phenoxy) is 2. The number of benzene rings is 1. The van der Waals surface area contributed by atoms with Crippen molar-refractivity contribution in [1.29, 1.82) is 0 Å². The summed E-state index contributed by atoms with van der Waals surface area (Å²) in [7, 11) is 1.50. The van der Waals surface area contributed by atoms with Gasteiger partial charge in [0.2, 0.25) is 0 Å². The van der Waals surface area contributed by atoms with Gasteiger partial charge in [0, 0.05) is 19.3 Å². The average Bonchev–Trinajstić information content (AvgIpc) is 2.48. The van der Waals surface area contributed by atoms with Gasteiger partial charge in [-0.25, -0.2) is 0 Å². The SMILES string of the molecule is COc1ccc(NC(C)C2CCOCC2)c([N+](=O)[O-])c1. The van der Waals surface area contributed by atoms with E-state index in [9.17, 15) is 10.1 Å². The lowest BCUT2D eigenvalue weighted by atomic mass is 9.92. The fourth-order valence-electron chi connectivity index (χ4n) is 2.49. The van der Waals surface area contributed by atoms with Crippen LogP contribution in [0.25, 0.3) is 0 Å². The minimum atomic E-state index is -0.387. The summed E-state index contributed by atoms with van der Waals surface area (Å²) in [6, 6.07) is 5.05. The van der Waals surface area contributed by atoms with Crippen LogP contribution in [0.4, 0.5) is 11.4 Å². The van der Waals surface area contributed by atoms with E-state index in [-0.39, 0.29) is 16.7 Å². The van der Waals surface area contributed by atoms with E-state index < -0.39 is 0 Å². The van der Waals surface area contributed by atoms with Gasteiger partial charge in [-0.2, -0.15) is 0 Å². The van der Waals surface area contributed by atoms with Crippen molar-refractivity contribution >= 4 is 11.4 Å². The first kappa shape index (κ1) is 14.6. The fraction of sp³-hybridized carbons (Fsp3) is 0.571. The zero-order chi connectivity index (χ0) is 14.5. The van der Waals surface area contributed by atoms with Gasteiger partial charge in [0.15, 0.2) is 0 Å². The Morgan fingerprint density at radius 2 is 2.15 bits per heavy atom. The number of nitro groups is 1. The molecule has 2 rings (SSSR count). The third-order valence-electron chi connectivity index (χ3n) is 3.76. The van der Waals surface area contributed by atoms with Crippen molar-refractivity contribution in [1.82, 2.24) is 0 Å². The largest absolute Gasteiger partial charge is 0.496 e. The number of nitrogens with one attached hydrogen (secondary N) is 1. The molecule has 6 nitrogen and oxygen atoms in total. The number of hydrogen-bond acceptors (Lipinski definition) is 5. The number of hydrogen-bond donors (Lipinski definition) is 1. The Bertz CT molecular complexity index is 472. The lowest BCUT2D eigenvalue weighted by Gasteiger charge is -2.28. The maximum absolute atomic E-state index is 11.1. The highest BCUT2D eigenvalue weighted by molar-refractivity contribution is 5.64. The molecular formula is C14H20N2O4. The molecule has 1 unspecified atom stereocenters. The molecule has 1 aromatic rings. The highest BCUT2D eigenvalue weighted by Crippen LogP contribution is 2.31. The minimum Gasteiger partial charge on any atom is -0.496 e. The van der Waals surface area contributed by atoms with E-state index in [2.05, 4.69) is 12.2 Å². The van der Waals surface area contributed by atoms with E-state index in [1.165, 1.54) is 13.2 Å². The van der Waals surface area contributed by atoms with Gasteiger partial charge in [-0.3, -0.25) is 10.1 Å². The van der Waals surface area contributed by atoms with Gasteiger partial charge >= 0.3 is 0 Å². The summed E-state index contributed by atoms with van der Waals surface area (Å²) in [4.78, 5) is 10.8. The van der Waals surface area contributed by atoms with E-state index in [1.807, 2.05) is 0 Å². The van der Waals surface area contributed by atoms with E-state index in [4.69, 9.17) is 9.47 Å². The van der Waals surface area contributed by atoms with Crippen molar-refractivity contribution in [2.24, 2.45) is 5.92 Å². The first-order valence-electron chi connectivity index (χ1n) is 6.78. The van der Waals surface area contributed by atoms with E-state index in [0.29, 0.717) is 17.4 Å². The third kappa shape index (κ3) is 3.39. The van der Waals surface area contributed by atoms with Gasteiger partial charge in [-0.1, -0.05) is 0 Å². The summed E-state index contributed by atoms with van der Waals surface area (Å²) in [6.07, 6.45) is 1.97. The van der Waals surface area contributed by atoms with Gasteiger partial charge in [-0.15, -0.1) is 0 Å². The van der Waals surface area contributed by atoms with Crippen LogP contribution in [0.5, 0.6) is 5.75 Å². The zero-order valence-corrected chi connectivity index (χ0v) is 11.8. The number of rotatable bonds is 5. The third-order valence-corrected chi connectivity index (χ3v) is 3.76. The van der Waals surface area contributed by atoms with Crippen LogP contribution in [0, 0.1) is 16.0 Å². The Morgan fingerprint density at radius 1 is 1.45 bits per heavy atom. The number of nitrogens with zero attached hydrogens (tertiary/aromatic N) is 1. The lowest BCUT2D eigenvalue weighted by Crippen LogP contribution is -2.31. The Morgan fingerprint density at radius 3 is 2.75 bits per heavy atom. The van der Waals surface area contributed by atoms with Crippen LogP contribution in [-0.2, 0) is 4.74 Å². The molecule has 0 aromatic heterocycles. The molecule has 1 heterocycles. The maximum atomic E-state index is 11.1. The predicted molar refractivity (Wildman–Crippen MR) is 76.3 cm³/mol. The molecule has 1 aromatic carbocycles. The van der Waals surface area contributed by atoms with E-state index in [0.717, 1.165) is 26.1 Å². The second-order valence-corrected chi connectivity index (χ2v) is 5.02. The van der Waals surface area contributed by atoms with Crippen molar-refractivity contribution < 1.29 is 14.4 Å². The highest BCUT2D eigenvalue weighted by Gasteiger charge is 2.23.